The van der Waals surface area contributed by atoms with Crippen LogP contribution in [0, 0.1) is 5.41 Å². The van der Waals surface area contributed by atoms with Gasteiger partial charge in [0.05, 0.1) is 17.3 Å². The second-order valence-electron chi connectivity index (χ2n) is 6.74. The molecule has 0 aliphatic carbocycles. The van der Waals surface area contributed by atoms with Crippen molar-refractivity contribution in [1.82, 2.24) is 9.88 Å². The van der Waals surface area contributed by atoms with Gasteiger partial charge >= 0.3 is 6.03 Å². The smallest absolute Gasteiger partial charge is 0.321 e. The fourth-order valence-electron chi connectivity index (χ4n) is 3.36. The van der Waals surface area contributed by atoms with Crippen molar-refractivity contribution in [2.24, 2.45) is 11.1 Å². The predicted molar refractivity (Wildman–Crippen MR) is 102 cm³/mol. The van der Waals surface area contributed by atoms with Crippen molar-refractivity contribution in [3.05, 3.63) is 48.8 Å². The minimum absolute atomic E-state index is 0.268. The van der Waals surface area contributed by atoms with E-state index in [0.717, 1.165) is 6.42 Å². The summed E-state index contributed by atoms with van der Waals surface area (Å²) in [5.41, 5.74) is 5.52. The largest absolute Gasteiger partial charge is 0.454 e. The Labute approximate surface area is 158 Å². The molecule has 7 nitrogen and oxygen atoms in total. The van der Waals surface area contributed by atoms with Gasteiger partial charge in [0.1, 0.15) is 5.75 Å². The first-order chi connectivity index (χ1) is 13.0. The summed E-state index contributed by atoms with van der Waals surface area (Å²) in [6, 6.07) is 10.5. The van der Waals surface area contributed by atoms with Crippen LogP contribution in [0.3, 0.4) is 0 Å². The zero-order chi connectivity index (χ0) is 19.3. The number of primary amides is 1. The molecule has 2 aromatic rings. The second-order valence-corrected chi connectivity index (χ2v) is 6.74. The fraction of sp³-hybridized carbons (Fsp3) is 0.350. The van der Waals surface area contributed by atoms with Crippen LogP contribution >= 0.6 is 0 Å². The van der Waals surface area contributed by atoms with Crippen LogP contribution in [0.15, 0.2) is 48.8 Å². The van der Waals surface area contributed by atoms with Crippen LogP contribution < -0.4 is 15.8 Å². The first-order valence-electron chi connectivity index (χ1n) is 9.07. The van der Waals surface area contributed by atoms with E-state index in [-0.39, 0.29) is 11.9 Å². The van der Waals surface area contributed by atoms with Gasteiger partial charge in [-0.2, -0.15) is 0 Å². The number of para-hydroxylation sites is 2. The van der Waals surface area contributed by atoms with E-state index in [1.807, 2.05) is 19.1 Å². The number of nitrogens with one attached hydrogen (secondary N) is 1. The SMILES string of the molecule is CC[C@@]1(C(N)=O)CCCN(C(=O)Nc2ccccc2Oc2cccnc2)C1. The molecule has 0 bridgehead atoms. The van der Waals surface area contributed by atoms with Crippen LogP contribution in [0.5, 0.6) is 11.5 Å². The Hall–Kier alpha value is -3.09. The van der Waals surface area contributed by atoms with E-state index < -0.39 is 5.41 Å². The van der Waals surface area contributed by atoms with Crippen LogP contribution in [0.4, 0.5) is 10.5 Å². The molecule has 1 aliphatic rings. The molecule has 27 heavy (non-hydrogen) atoms. The number of piperidine rings is 1. The van der Waals surface area contributed by atoms with Crippen molar-refractivity contribution < 1.29 is 14.3 Å². The molecule has 0 unspecified atom stereocenters. The third kappa shape index (κ3) is 4.19. The highest BCUT2D eigenvalue weighted by molar-refractivity contribution is 5.92. The highest BCUT2D eigenvalue weighted by Gasteiger charge is 2.40. The molecule has 1 aromatic heterocycles. The normalized spacial score (nSPS) is 19.4. The molecule has 142 valence electrons. The number of benzene rings is 1. The first-order valence-corrected chi connectivity index (χ1v) is 9.07. The Morgan fingerprint density at radius 3 is 2.81 bits per heavy atom. The van der Waals surface area contributed by atoms with Crippen LogP contribution in [0.2, 0.25) is 0 Å². The quantitative estimate of drug-likeness (QED) is 0.845. The number of likely N-dealkylation sites (tertiary alicyclic amines) is 1. The average Bonchev–Trinajstić information content (AvgIpc) is 2.70. The molecule has 0 radical (unpaired) electrons. The highest BCUT2D eigenvalue weighted by atomic mass is 16.5. The fourth-order valence-corrected chi connectivity index (χ4v) is 3.36. The third-order valence-corrected chi connectivity index (χ3v) is 5.05. The van der Waals surface area contributed by atoms with Crippen molar-refractivity contribution in [1.29, 1.82) is 0 Å². The molecule has 1 aliphatic heterocycles. The summed E-state index contributed by atoms with van der Waals surface area (Å²) in [4.78, 5) is 30.4. The number of amides is 3. The Bertz CT molecular complexity index is 812. The van der Waals surface area contributed by atoms with Gasteiger partial charge in [-0.3, -0.25) is 9.78 Å². The molecule has 7 heteroatoms. The summed E-state index contributed by atoms with van der Waals surface area (Å²) < 4.78 is 5.83. The Morgan fingerprint density at radius 2 is 2.11 bits per heavy atom. The van der Waals surface area contributed by atoms with E-state index in [1.165, 1.54) is 0 Å². The average molecular weight is 368 g/mol. The van der Waals surface area contributed by atoms with Crippen LogP contribution in [0.25, 0.3) is 0 Å². The minimum Gasteiger partial charge on any atom is -0.454 e. The number of aromatic nitrogens is 1. The maximum atomic E-state index is 12.8. The summed E-state index contributed by atoms with van der Waals surface area (Å²) in [6.45, 7) is 2.85. The number of anilines is 1. The molecule has 3 rings (SSSR count). The highest BCUT2D eigenvalue weighted by Crippen LogP contribution is 2.34. The first kappa shape index (κ1) is 18.7. The predicted octanol–water partition coefficient (Wildman–Crippen LogP) is 3.38. The molecular weight excluding hydrogens is 344 g/mol. The second kappa shape index (κ2) is 8.07. The zero-order valence-corrected chi connectivity index (χ0v) is 15.4. The van der Waals surface area contributed by atoms with Crippen molar-refractivity contribution in [3.63, 3.8) is 0 Å². The molecule has 0 spiro atoms. The van der Waals surface area contributed by atoms with Gasteiger partial charge in [-0.15, -0.1) is 0 Å². The topological polar surface area (TPSA) is 97.6 Å². The van der Waals surface area contributed by atoms with E-state index in [9.17, 15) is 9.59 Å². The molecule has 1 atom stereocenters. The molecule has 3 N–H and O–H groups in total. The lowest BCUT2D eigenvalue weighted by atomic mass is 9.77. The number of carbonyl (C=O) groups is 2. The monoisotopic (exact) mass is 368 g/mol. The van der Waals surface area contributed by atoms with E-state index >= 15 is 0 Å². The number of hydrogen-bond acceptors (Lipinski definition) is 4. The van der Waals surface area contributed by atoms with Gasteiger partial charge < -0.3 is 20.7 Å². The molecular formula is C20H24N4O3. The van der Waals surface area contributed by atoms with E-state index in [4.69, 9.17) is 10.5 Å². The van der Waals surface area contributed by atoms with Gasteiger partial charge in [-0.25, -0.2) is 4.79 Å². The maximum absolute atomic E-state index is 12.8. The van der Waals surface area contributed by atoms with Crippen molar-refractivity contribution >= 4 is 17.6 Å². The standard InChI is InChI=1S/C20H24N4O3/c1-2-20(18(21)25)10-6-12-24(14-20)19(26)23-16-8-3-4-9-17(16)27-15-7-5-11-22-13-15/h3-5,7-9,11,13H,2,6,10,12,14H2,1H3,(H2,21,25)(H,23,26)/t20-/m1/s1. The number of pyridine rings is 1. The summed E-state index contributed by atoms with van der Waals surface area (Å²) in [5, 5.41) is 2.89. The van der Waals surface area contributed by atoms with E-state index in [0.29, 0.717) is 43.1 Å². The van der Waals surface area contributed by atoms with Gasteiger partial charge in [0, 0.05) is 19.3 Å². The van der Waals surface area contributed by atoms with Gasteiger partial charge in [-0.05, 0) is 43.5 Å². The molecule has 2 heterocycles. The number of rotatable bonds is 5. The van der Waals surface area contributed by atoms with Gasteiger partial charge in [0.25, 0.3) is 0 Å². The minimum atomic E-state index is -0.651. The van der Waals surface area contributed by atoms with Crippen LogP contribution in [-0.4, -0.2) is 34.9 Å². The third-order valence-electron chi connectivity index (χ3n) is 5.05. The number of ether oxygens (including phenoxy) is 1. The number of urea groups is 1. The lowest BCUT2D eigenvalue weighted by molar-refractivity contribution is -0.130. The van der Waals surface area contributed by atoms with Crippen molar-refractivity contribution in [2.75, 3.05) is 18.4 Å². The number of nitrogens with zero attached hydrogens (tertiary/aromatic N) is 2. The van der Waals surface area contributed by atoms with Crippen LogP contribution in [0.1, 0.15) is 26.2 Å². The molecule has 3 amide bonds. The summed E-state index contributed by atoms with van der Waals surface area (Å²) in [7, 11) is 0. The van der Waals surface area contributed by atoms with E-state index in [1.54, 1.807) is 41.6 Å². The van der Waals surface area contributed by atoms with Crippen molar-refractivity contribution in [2.45, 2.75) is 26.2 Å². The molecule has 0 saturated carbocycles. The van der Waals surface area contributed by atoms with Crippen molar-refractivity contribution in [3.8, 4) is 11.5 Å². The molecule has 1 aromatic carbocycles. The Morgan fingerprint density at radius 1 is 1.30 bits per heavy atom. The van der Waals surface area contributed by atoms with Gasteiger partial charge in [-0.1, -0.05) is 19.1 Å². The lowest BCUT2D eigenvalue weighted by Crippen LogP contribution is -2.52. The maximum Gasteiger partial charge on any atom is 0.321 e. The number of nitrogens with two attached hydrogens (primary N) is 1. The van der Waals surface area contributed by atoms with E-state index in [2.05, 4.69) is 10.3 Å². The molecule has 1 saturated heterocycles. The Kier molecular flexibility index (Phi) is 5.59. The lowest BCUT2D eigenvalue weighted by Gasteiger charge is -2.40. The summed E-state index contributed by atoms with van der Waals surface area (Å²) in [6.07, 6.45) is 5.34. The number of hydrogen-bond donors (Lipinski definition) is 2. The van der Waals surface area contributed by atoms with Crippen LogP contribution in [-0.2, 0) is 4.79 Å². The number of carbonyl (C=O) groups excluding carboxylic acids is 2. The Balaban J connectivity index is 1.74. The summed E-state index contributed by atoms with van der Waals surface area (Å²) in [5.74, 6) is 0.756. The van der Waals surface area contributed by atoms with Gasteiger partial charge in [0.2, 0.25) is 5.91 Å². The summed E-state index contributed by atoms with van der Waals surface area (Å²) >= 11 is 0. The van der Waals surface area contributed by atoms with Gasteiger partial charge in [0.15, 0.2) is 5.75 Å². The molecule has 1 fully saturated rings. The zero-order valence-electron chi connectivity index (χ0n) is 15.4.